The molecule has 0 radical (unpaired) electrons. The van der Waals surface area contributed by atoms with Crippen LogP contribution in [0.1, 0.15) is 32.0 Å². The molecule has 0 aliphatic rings. The Morgan fingerprint density at radius 1 is 1.25 bits per heavy atom. The van der Waals surface area contributed by atoms with Crippen molar-refractivity contribution in [2.45, 2.75) is 38.6 Å². The first-order valence-corrected chi connectivity index (χ1v) is 10.4. The molecule has 0 saturated carbocycles. The number of nitrogens with zero attached hydrogens (tertiary/aromatic N) is 2. The minimum Gasteiger partial charge on any atom is -0.465 e. The molecule has 0 aliphatic heterocycles. The number of carboxylic acid groups (broad SMARTS) is 1. The van der Waals surface area contributed by atoms with Crippen molar-refractivity contribution in [3.63, 3.8) is 0 Å². The molecule has 1 unspecified atom stereocenters. The fraction of sp³-hybridized carbons (Fsp3) is 0.391. The van der Waals surface area contributed by atoms with Gasteiger partial charge in [0.25, 0.3) is 0 Å². The number of aromatic amines is 1. The molecule has 9 heteroatoms. The lowest BCUT2D eigenvalue weighted by Gasteiger charge is -2.28. The summed E-state index contributed by atoms with van der Waals surface area (Å²) < 4.78 is 0. The second-order valence-corrected chi connectivity index (χ2v) is 8.10. The molecule has 0 aliphatic carbocycles. The highest BCUT2D eigenvalue weighted by Crippen LogP contribution is 2.21. The van der Waals surface area contributed by atoms with Crippen molar-refractivity contribution < 1.29 is 19.5 Å². The van der Waals surface area contributed by atoms with Crippen molar-refractivity contribution in [3.05, 3.63) is 66.3 Å². The molecule has 1 atom stereocenters. The van der Waals surface area contributed by atoms with Crippen LogP contribution in [0.4, 0.5) is 4.79 Å². The Hall–Kier alpha value is -3.62. The van der Waals surface area contributed by atoms with Gasteiger partial charge in [-0.15, -0.1) is 0 Å². The van der Waals surface area contributed by atoms with Crippen molar-refractivity contribution >= 4 is 17.9 Å². The van der Waals surface area contributed by atoms with Crippen LogP contribution in [0, 0.1) is 0 Å². The zero-order valence-electron chi connectivity index (χ0n) is 18.7. The van der Waals surface area contributed by atoms with Gasteiger partial charge in [-0.2, -0.15) is 0 Å². The quantitative estimate of drug-likeness (QED) is 0.397. The van der Waals surface area contributed by atoms with Gasteiger partial charge in [-0.1, -0.05) is 56.3 Å². The van der Waals surface area contributed by atoms with Gasteiger partial charge in [0.2, 0.25) is 11.8 Å². The SMILES string of the molecule is CC=CCN(CC(=O)NCC(C)(C)c1ccccc1)C(=O)C(Cc1cnc[nH]1)NC(=O)O. The summed E-state index contributed by atoms with van der Waals surface area (Å²) in [5.74, 6) is -0.806. The third kappa shape index (κ3) is 7.57. The summed E-state index contributed by atoms with van der Waals surface area (Å²) in [6, 6.07) is 8.80. The van der Waals surface area contributed by atoms with Crippen molar-refractivity contribution in [2.75, 3.05) is 19.6 Å². The van der Waals surface area contributed by atoms with E-state index in [1.807, 2.05) is 51.1 Å². The summed E-state index contributed by atoms with van der Waals surface area (Å²) >= 11 is 0. The van der Waals surface area contributed by atoms with Crippen LogP contribution in [0.5, 0.6) is 0 Å². The van der Waals surface area contributed by atoms with Gasteiger partial charge in [-0.25, -0.2) is 9.78 Å². The number of H-pyrrole nitrogens is 1. The summed E-state index contributed by atoms with van der Waals surface area (Å²) in [7, 11) is 0. The van der Waals surface area contributed by atoms with Gasteiger partial charge >= 0.3 is 6.09 Å². The molecule has 32 heavy (non-hydrogen) atoms. The van der Waals surface area contributed by atoms with E-state index in [2.05, 4.69) is 20.6 Å². The molecule has 0 saturated heterocycles. The van der Waals surface area contributed by atoms with E-state index < -0.39 is 18.0 Å². The van der Waals surface area contributed by atoms with Crippen LogP contribution >= 0.6 is 0 Å². The zero-order chi connectivity index (χ0) is 23.6. The molecule has 172 valence electrons. The van der Waals surface area contributed by atoms with Crippen molar-refractivity contribution in [1.82, 2.24) is 25.5 Å². The van der Waals surface area contributed by atoms with E-state index >= 15 is 0 Å². The van der Waals surface area contributed by atoms with Crippen LogP contribution in [0.15, 0.2) is 55.0 Å². The van der Waals surface area contributed by atoms with Gasteiger partial charge in [-0.05, 0) is 12.5 Å². The minimum absolute atomic E-state index is 0.0974. The summed E-state index contributed by atoms with van der Waals surface area (Å²) in [5, 5.41) is 14.3. The van der Waals surface area contributed by atoms with Gasteiger partial charge in [0.05, 0.1) is 12.9 Å². The molecule has 2 rings (SSSR count). The molecular formula is C23H31N5O4. The van der Waals surface area contributed by atoms with Crippen molar-refractivity contribution in [3.8, 4) is 0 Å². The van der Waals surface area contributed by atoms with Gasteiger partial charge in [0.15, 0.2) is 0 Å². The first kappa shape index (κ1) is 24.6. The van der Waals surface area contributed by atoms with E-state index in [1.54, 1.807) is 12.2 Å². The number of aromatic nitrogens is 2. The Balaban J connectivity index is 2.07. The topological polar surface area (TPSA) is 127 Å². The predicted octanol–water partition coefficient (Wildman–Crippen LogP) is 2.09. The highest BCUT2D eigenvalue weighted by atomic mass is 16.4. The molecule has 3 amide bonds. The van der Waals surface area contributed by atoms with Crippen LogP contribution in [0.25, 0.3) is 0 Å². The Kier molecular flexibility index (Phi) is 9.00. The molecule has 9 nitrogen and oxygen atoms in total. The average molecular weight is 442 g/mol. The molecule has 0 fully saturated rings. The summed E-state index contributed by atoms with van der Waals surface area (Å²) in [4.78, 5) is 45.1. The fourth-order valence-electron chi connectivity index (χ4n) is 3.19. The number of nitrogens with one attached hydrogen (secondary N) is 3. The Morgan fingerprint density at radius 2 is 1.97 bits per heavy atom. The van der Waals surface area contributed by atoms with E-state index in [1.165, 1.54) is 17.4 Å². The lowest BCUT2D eigenvalue weighted by Crippen LogP contribution is -2.52. The minimum atomic E-state index is -1.32. The summed E-state index contributed by atoms with van der Waals surface area (Å²) in [6.45, 7) is 6.26. The number of rotatable bonds is 11. The van der Waals surface area contributed by atoms with Gasteiger partial charge in [0, 0.05) is 36.8 Å². The molecular weight excluding hydrogens is 410 g/mol. The third-order valence-corrected chi connectivity index (χ3v) is 5.07. The van der Waals surface area contributed by atoms with Crippen molar-refractivity contribution in [2.24, 2.45) is 0 Å². The number of imidazole rings is 1. The Bertz CT molecular complexity index is 910. The molecule has 1 aromatic heterocycles. The largest absolute Gasteiger partial charge is 0.465 e. The number of hydrogen-bond acceptors (Lipinski definition) is 4. The zero-order valence-corrected chi connectivity index (χ0v) is 18.7. The maximum atomic E-state index is 13.1. The highest BCUT2D eigenvalue weighted by molar-refractivity contribution is 5.89. The van der Waals surface area contributed by atoms with Crippen LogP contribution in [-0.2, 0) is 21.4 Å². The van der Waals surface area contributed by atoms with Crippen LogP contribution in [0.2, 0.25) is 0 Å². The number of carbonyl (C=O) groups excluding carboxylic acids is 2. The lowest BCUT2D eigenvalue weighted by atomic mass is 9.84. The van der Waals surface area contributed by atoms with E-state index in [9.17, 15) is 19.5 Å². The van der Waals surface area contributed by atoms with E-state index in [-0.39, 0.29) is 30.8 Å². The van der Waals surface area contributed by atoms with E-state index in [0.29, 0.717) is 12.2 Å². The third-order valence-electron chi connectivity index (χ3n) is 5.07. The van der Waals surface area contributed by atoms with Crippen LogP contribution < -0.4 is 10.6 Å². The first-order chi connectivity index (χ1) is 15.2. The molecule has 0 bridgehead atoms. The van der Waals surface area contributed by atoms with E-state index in [0.717, 1.165) is 5.56 Å². The average Bonchev–Trinajstić information content (AvgIpc) is 3.28. The summed E-state index contributed by atoms with van der Waals surface area (Å²) in [6.07, 6.45) is 5.27. The molecule has 1 aromatic carbocycles. The monoisotopic (exact) mass is 441 g/mol. The fourth-order valence-corrected chi connectivity index (χ4v) is 3.19. The highest BCUT2D eigenvalue weighted by Gasteiger charge is 2.28. The molecule has 0 spiro atoms. The Morgan fingerprint density at radius 3 is 2.56 bits per heavy atom. The maximum absolute atomic E-state index is 13.1. The predicted molar refractivity (Wildman–Crippen MR) is 121 cm³/mol. The second-order valence-electron chi connectivity index (χ2n) is 8.10. The molecule has 1 heterocycles. The first-order valence-electron chi connectivity index (χ1n) is 10.4. The number of allylic oxidation sites excluding steroid dienone is 1. The number of carbonyl (C=O) groups is 3. The normalized spacial score (nSPS) is 12.3. The van der Waals surface area contributed by atoms with Gasteiger partial charge in [-0.3, -0.25) is 9.59 Å². The summed E-state index contributed by atoms with van der Waals surface area (Å²) in [5.41, 5.74) is 1.41. The Labute approximate surface area is 187 Å². The van der Waals surface area contributed by atoms with Crippen molar-refractivity contribution in [1.29, 1.82) is 0 Å². The van der Waals surface area contributed by atoms with Gasteiger partial charge in [0.1, 0.15) is 6.04 Å². The lowest BCUT2D eigenvalue weighted by molar-refractivity contribution is -0.137. The van der Waals surface area contributed by atoms with Crippen LogP contribution in [-0.4, -0.2) is 63.6 Å². The standard InChI is InChI=1S/C23H31N5O4/c1-4-5-11-28(21(30)19(27-22(31)32)12-18-13-24-16-26-18)14-20(29)25-15-23(2,3)17-9-7-6-8-10-17/h4-10,13,16,19,27H,11-12,14-15H2,1-3H3,(H,24,26)(H,25,29)(H,31,32). The smallest absolute Gasteiger partial charge is 0.405 e. The maximum Gasteiger partial charge on any atom is 0.405 e. The van der Waals surface area contributed by atoms with Crippen LogP contribution in [0.3, 0.4) is 0 Å². The van der Waals surface area contributed by atoms with Gasteiger partial charge < -0.3 is 25.6 Å². The molecule has 4 N–H and O–H groups in total. The molecule has 2 aromatic rings. The van der Waals surface area contributed by atoms with E-state index in [4.69, 9.17) is 0 Å². The number of hydrogen-bond donors (Lipinski definition) is 4. The second kappa shape index (κ2) is 11.7. The number of amides is 3. The number of benzene rings is 1.